The number of ether oxygens (including phenoxy) is 1. The molecule has 2 aromatic rings. The highest BCUT2D eigenvalue weighted by molar-refractivity contribution is 9.10. The summed E-state index contributed by atoms with van der Waals surface area (Å²) in [7, 11) is -3.62. The minimum atomic E-state index is -3.62. The highest BCUT2D eigenvalue weighted by Gasteiger charge is 2.21. The summed E-state index contributed by atoms with van der Waals surface area (Å²) in [6.45, 7) is 4.48. The van der Waals surface area contributed by atoms with Crippen LogP contribution < -0.4 is 9.46 Å². The van der Waals surface area contributed by atoms with Gasteiger partial charge >= 0.3 is 0 Å². The molecule has 4 nitrogen and oxygen atoms in total. The molecule has 1 aromatic carbocycles. The first-order valence-corrected chi connectivity index (χ1v) is 9.59. The number of hydrogen-bond acceptors (Lipinski definition) is 4. The first-order valence-electron chi connectivity index (χ1n) is 6.43. The van der Waals surface area contributed by atoms with Crippen LogP contribution in [0, 0.1) is 6.92 Å². The third kappa shape index (κ3) is 3.99. The van der Waals surface area contributed by atoms with Crippen LogP contribution in [-0.4, -0.2) is 15.0 Å². The second-order valence-electron chi connectivity index (χ2n) is 4.51. The number of sulfonamides is 1. The molecule has 0 bridgehead atoms. The lowest BCUT2D eigenvalue weighted by Gasteiger charge is -2.13. The van der Waals surface area contributed by atoms with Crippen molar-refractivity contribution in [3.63, 3.8) is 0 Å². The van der Waals surface area contributed by atoms with E-state index >= 15 is 0 Å². The van der Waals surface area contributed by atoms with Gasteiger partial charge in [0.25, 0.3) is 10.0 Å². The van der Waals surface area contributed by atoms with E-state index in [1.807, 2.05) is 26.0 Å². The molecule has 0 aliphatic carbocycles. The van der Waals surface area contributed by atoms with Crippen molar-refractivity contribution in [2.24, 2.45) is 0 Å². The van der Waals surface area contributed by atoms with E-state index in [9.17, 15) is 8.42 Å². The summed E-state index contributed by atoms with van der Waals surface area (Å²) in [5.41, 5.74) is 1.47. The lowest BCUT2D eigenvalue weighted by atomic mass is 10.2. The summed E-state index contributed by atoms with van der Waals surface area (Å²) in [4.78, 5) is 0. The van der Waals surface area contributed by atoms with Gasteiger partial charge in [-0.3, -0.25) is 4.72 Å². The van der Waals surface area contributed by atoms with Gasteiger partial charge in [-0.2, -0.15) is 0 Å². The SMILES string of the molecule is CCCOc1cc(C)ccc1NS(=O)(=O)c1sccc1Br. The summed E-state index contributed by atoms with van der Waals surface area (Å²) in [6, 6.07) is 7.11. The summed E-state index contributed by atoms with van der Waals surface area (Å²) in [6.07, 6.45) is 0.858. The van der Waals surface area contributed by atoms with Gasteiger partial charge in [0.1, 0.15) is 5.75 Å². The number of anilines is 1. The molecule has 0 aliphatic heterocycles. The predicted molar refractivity (Wildman–Crippen MR) is 89.8 cm³/mol. The molecule has 0 spiro atoms. The standard InChI is InChI=1S/C14H16BrNO3S2/c1-3-7-19-13-9-10(2)4-5-12(13)16-21(17,18)14-11(15)6-8-20-14/h4-6,8-9,16H,3,7H2,1-2H3. The third-order valence-corrected chi connectivity index (χ3v) is 6.71. The Morgan fingerprint density at radius 1 is 1.33 bits per heavy atom. The smallest absolute Gasteiger partial charge is 0.272 e. The average Bonchev–Trinajstić information content (AvgIpc) is 2.86. The molecule has 7 heteroatoms. The van der Waals surface area contributed by atoms with E-state index in [1.165, 1.54) is 0 Å². The van der Waals surface area contributed by atoms with E-state index < -0.39 is 10.0 Å². The number of aryl methyl sites for hydroxylation is 1. The molecule has 0 fully saturated rings. The maximum absolute atomic E-state index is 12.4. The number of hydrogen-bond donors (Lipinski definition) is 1. The molecule has 1 aromatic heterocycles. The average molecular weight is 390 g/mol. The van der Waals surface area contributed by atoms with Gasteiger partial charge in [0.05, 0.1) is 12.3 Å². The van der Waals surface area contributed by atoms with E-state index in [1.54, 1.807) is 17.5 Å². The first kappa shape index (κ1) is 16.3. The van der Waals surface area contributed by atoms with Crippen LogP contribution >= 0.6 is 27.3 Å². The highest BCUT2D eigenvalue weighted by Crippen LogP contribution is 2.32. The lowest BCUT2D eigenvalue weighted by Crippen LogP contribution is -2.13. The molecule has 0 atom stereocenters. The molecule has 1 heterocycles. The number of nitrogens with one attached hydrogen (secondary N) is 1. The Balaban J connectivity index is 2.33. The van der Waals surface area contributed by atoms with Crippen LogP contribution in [0.15, 0.2) is 38.3 Å². The van der Waals surface area contributed by atoms with Gasteiger partial charge in [-0.05, 0) is 58.4 Å². The number of thiophene rings is 1. The number of benzene rings is 1. The second kappa shape index (κ2) is 6.81. The van der Waals surface area contributed by atoms with Crippen molar-refractivity contribution < 1.29 is 13.2 Å². The minimum absolute atomic E-state index is 0.254. The summed E-state index contributed by atoms with van der Waals surface area (Å²) in [5, 5.41) is 1.72. The molecule has 0 saturated heterocycles. The van der Waals surface area contributed by atoms with Crippen molar-refractivity contribution in [2.45, 2.75) is 24.5 Å². The normalized spacial score (nSPS) is 11.4. The van der Waals surface area contributed by atoms with E-state index in [4.69, 9.17) is 4.74 Å². The maximum atomic E-state index is 12.4. The minimum Gasteiger partial charge on any atom is -0.491 e. The zero-order valence-electron chi connectivity index (χ0n) is 11.7. The van der Waals surface area contributed by atoms with Crippen LogP contribution in [0.1, 0.15) is 18.9 Å². The molecule has 1 N–H and O–H groups in total. The fourth-order valence-corrected chi connectivity index (χ4v) is 5.12. The zero-order chi connectivity index (χ0) is 15.5. The topological polar surface area (TPSA) is 55.4 Å². The Hall–Kier alpha value is -1.05. The Morgan fingerprint density at radius 3 is 2.71 bits per heavy atom. The Kier molecular flexibility index (Phi) is 5.29. The largest absolute Gasteiger partial charge is 0.491 e. The summed E-state index contributed by atoms with van der Waals surface area (Å²) >= 11 is 4.41. The quantitative estimate of drug-likeness (QED) is 0.795. The van der Waals surface area contributed by atoms with E-state index in [2.05, 4.69) is 20.7 Å². The van der Waals surface area contributed by atoms with Crippen LogP contribution in [-0.2, 0) is 10.0 Å². The van der Waals surface area contributed by atoms with Crippen LogP contribution in [0.2, 0.25) is 0 Å². The van der Waals surface area contributed by atoms with Gasteiger partial charge in [0, 0.05) is 4.47 Å². The van der Waals surface area contributed by atoms with Crippen molar-refractivity contribution in [3.8, 4) is 5.75 Å². The molecule has 0 aliphatic rings. The Morgan fingerprint density at radius 2 is 2.10 bits per heavy atom. The van der Waals surface area contributed by atoms with Crippen LogP contribution in [0.5, 0.6) is 5.75 Å². The predicted octanol–water partition coefficient (Wildman–Crippen LogP) is 4.41. The molecule has 0 unspecified atom stereocenters. The summed E-state index contributed by atoms with van der Waals surface area (Å²) < 4.78 is 33.8. The van der Waals surface area contributed by atoms with Crippen LogP contribution in [0.25, 0.3) is 0 Å². The molecule has 2 rings (SSSR count). The van der Waals surface area contributed by atoms with Gasteiger partial charge in [0.2, 0.25) is 0 Å². The molecule has 21 heavy (non-hydrogen) atoms. The Labute approximate surface area is 137 Å². The molecule has 0 radical (unpaired) electrons. The zero-order valence-corrected chi connectivity index (χ0v) is 14.9. The maximum Gasteiger partial charge on any atom is 0.272 e. The summed E-state index contributed by atoms with van der Waals surface area (Å²) in [5.74, 6) is 0.549. The number of halogens is 1. The molecular weight excluding hydrogens is 374 g/mol. The third-order valence-electron chi connectivity index (χ3n) is 2.67. The second-order valence-corrected chi connectivity index (χ2v) is 8.16. The molecule has 0 amide bonds. The monoisotopic (exact) mass is 389 g/mol. The number of rotatable bonds is 6. The van der Waals surface area contributed by atoms with Gasteiger partial charge < -0.3 is 4.74 Å². The first-order chi connectivity index (χ1) is 9.94. The van der Waals surface area contributed by atoms with Crippen LogP contribution in [0.4, 0.5) is 5.69 Å². The van der Waals surface area contributed by atoms with Gasteiger partial charge in [-0.1, -0.05) is 13.0 Å². The fourth-order valence-electron chi connectivity index (χ4n) is 1.71. The Bertz CT molecular complexity index is 726. The fraction of sp³-hybridized carbons (Fsp3) is 0.286. The highest BCUT2D eigenvalue weighted by atomic mass is 79.9. The lowest BCUT2D eigenvalue weighted by molar-refractivity contribution is 0.319. The van der Waals surface area contributed by atoms with Crippen molar-refractivity contribution in [2.75, 3.05) is 11.3 Å². The van der Waals surface area contributed by atoms with Crippen molar-refractivity contribution in [3.05, 3.63) is 39.7 Å². The van der Waals surface area contributed by atoms with Gasteiger partial charge in [-0.15, -0.1) is 11.3 Å². The van der Waals surface area contributed by atoms with Gasteiger partial charge in [-0.25, -0.2) is 8.42 Å². The van der Waals surface area contributed by atoms with Crippen molar-refractivity contribution >= 4 is 43.0 Å². The van der Waals surface area contributed by atoms with E-state index in [0.717, 1.165) is 23.3 Å². The van der Waals surface area contributed by atoms with Gasteiger partial charge in [0.15, 0.2) is 4.21 Å². The van der Waals surface area contributed by atoms with E-state index in [0.29, 0.717) is 22.5 Å². The molecule has 0 saturated carbocycles. The molecule has 114 valence electrons. The van der Waals surface area contributed by atoms with E-state index in [-0.39, 0.29) is 4.21 Å². The molecular formula is C14H16BrNO3S2. The van der Waals surface area contributed by atoms with Crippen LogP contribution in [0.3, 0.4) is 0 Å². The van der Waals surface area contributed by atoms with Crippen molar-refractivity contribution in [1.29, 1.82) is 0 Å². The van der Waals surface area contributed by atoms with Crippen molar-refractivity contribution in [1.82, 2.24) is 0 Å².